The van der Waals surface area contributed by atoms with Gasteiger partial charge in [-0.05, 0) is 35.4 Å². The van der Waals surface area contributed by atoms with E-state index in [4.69, 9.17) is 5.73 Å². The van der Waals surface area contributed by atoms with Crippen LogP contribution in [-0.4, -0.2) is 25.4 Å². The lowest BCUT2D eigenvalue weighted by molar-refractivity contribution is -0.274. The molecule has 0 aliphatic rings. The molecule has 0 saturated heterocycles. The highest BCUT2D eigenvalue weighted by Crippen LogP contribution is 2.22. The van der Waals surface area contributed by atoms with Crippen LogP contribution >= 0.6 is 24.0 Å². The zero-order chi connectivity index (χ0) is 19.9. The van der Waals surface area contributed by atoms with E-state index in [0.717, 1.165) is 5.56 Å². The van der Waals surface area contributed by atoms with E-state index in [-0.39, 0.29) is 48.8 Å². The molecule has 0 spiro atoms. The lowest BCUT2D eigenvalue weighted by Crippen LogP contribution is -2.31. The zero-order valence-corrected chi connectivity index (χ0v) is 17.2. The molecule has 0 saturated carbocycles. The van der Waals surface area contributed by atoms with Crippen LogP contribution in [-0.2, 0) is 17.8 Å². The van der Waals surface area contributed by atoms with Gasteiger partial charge in [0.25, 0.3) is 0 Å². The molecule has 152 valence electrons. The van der Waals surface area contributed by atoms with E-state index in [9.17, 15) is 18.0 Å². The van der Waals surface area contributed by atoms with Crippen molar-refractivity contribution in [2.45, 2.75) is 19.5 Å². The van der Waals surface area contributed by atoms with E-state index < -0.39 is 12.3 Å². The highest BCUT2D eigenvalue weighted by molar-refractivity contribution is 14.0. The SMILES string of the molecule is COC(=O)c1cccc(CN=C(N)NCc2ccc(OC(F)(F)F)cc2)c1.I. The molecular formula is C18H19F3IN3O3. The quantitative estimate of drug-likeness (QED) is 0.269. The summed E-state index contributed by atoms with van der Waals surface area (Å²) in [5.74, 6) is -0.572. The van der Waals surface area contributed by atoms with Crippen LogP contribution in [0.3, 0.4) is 0 Å². The Morgan fingerprint density at radius 1 is 1.14 bits per heavy atom. The minimum Gasteiger partial charge on any atom is -0.465 e. The van der Waals surface area contributed by atoms with Crippen molar-refractivity contribution in [2.24, 2.45) is 10.7 Å². The number of nitrogens with one attached hydrogen (secondary N) is 1. The van der Waals surface area contributed by atoms with E-state index in [1.54, 1.807) is 24.3 Å². The molecule has 28 heavy (non-hydrogen) atoms. The number of halogens is 4. The fourth-order valence-electron chi connectivity index (χ4n) is 2.15. The van der Waals surface area contributed by atoms with Crippen molar-refractivity contribution in [1.29, 1.82) is 0 Å². The molecule has 6 nitrogen and oxygen atoms in total. The van der Waals surface area contributed by atoms with Crippen molar-refractivity contribution in [3.63, 3.8) is 0 Å². The van der Waals surface area contributed by atoms with Crippen LogP contribution in [0.25, 0.3) is 0 Å². The molecule has 2 aromatic rings. The van der Waals surface area contributed by atoms with Crippen LogP contribution in [0, 0.1) is 0 Å². The summed E-state index contributed by atoms with van der Waals surface area (Å²) in [6.07, 6.45) is -4.72. The van der Waals surface area contributed by atoms with Crippen molar-refractivity contribution in [2.75, 3.05) is 7.11 Å². The predicted molar refractivity (Wildman–Crippen MR) is 108 cm³/mol. The number of ether oxygens (including phenoxy) is 2. The molecule has 0 aliphatic heterocycles. The standard InChI is InChI=1S/C18H18F3N3O3.HI/c1-26-16(25)14-4-2-3-13(9-14)11-24-17(22)23-10-12-5-7-15(8-6-12)27-18(19,20)21;/h2-9H,10-11H2,1H3,(H3,22,23,24);1H. The van der Waals surface area contributed by atoms with Gasteiger partial charge >= 0.3 is 12.3 Å². The summed E-state index contributed by atoms with van der Waals surface area (Å²) in [6.45, 7) is 0.534. The van der Waals surface area contributed by atoms with Gasteiger partial charge in [-0.2, -0.15) is 0 Å². The molecule has 3 N–H and O–H groups in total. The summed E-state index contributed by atoms with van der Waals surface area (Å²) in [4.78, 5) is 15.7. The van der Waals surface area contributed by atoms with Crippen molar-refractivity contribution in [1.82, 2.24) is 5.32 Å². The number of nitrogens with zero attached hydrogens (tertiary/aromatic N) is 1. The Balaban J connectivity index is 0.00000392. The van der Waals surface area contributed by atoms with Crippen molar-refractivity contribution >= 4 is 35.9 Å². The van der Waals surface area contributed by atoms with Crippen molar-refractivity contribution < 1.29 is 27.4 Å². The first kappa shape index (κ1) is 23.5. The van der Waals surface area contributed by atoms with Crippen molar-refractivity contribution in [3.05, 3.63) is 65.2 Å². The number of alkyl halides is 3. The number of methoxy groups -OCH3 is 1. The first-order valence-electron chi connectivity index (χ1n) is 7.82. The minimum absolute atomic E-state index is 0. The highest BCUT2D eigenvalue weighted by atomic mass is 127. The van der Waals surface area contributed by atoms with Gasteiger partial charge in [0.05, 0.1) is 19.2 Å². The second kappa shape index (κ2) is 10.7. The Kier molecular flexibility index (Phi) is 9.03. The Labute approximate surface area is 176 Å². The Morgan fingerprint density at radius 3 is 2.43 bits per heavy atom. The summed E-state index contributed by atoms with van der Waals surface area (Å²) < 4.78 is 44.8. The van der Waals surface area contributed by atoms with E-state index in [2.05, 4.69) is 19.8 Å². The number of hydrogen-bond donors (Lipinski definition) is 2. The molecule has 2 aromatic carbocycles. The normalized spacial score (nSPS) is 11.4. The monoisotopic (exact) mass is 509 g/mol. The molecule has 0 heterocycles. The lowest BCUT2D eigenvalue weighted by Gasteiger charge is -2.10. The van der Waals surface area contributed by atoms with Gasteiger partial charge in [-0.1, -0.05) is 24.3 Å². The minimum atomic E-state index is -4.72. The number of esters is 1. The Bertz CT molecular complexity index is 812. The summed E-state index contributed by atoms with van der Waals surface area (Å²) in [6, 6.07) is 12.2. The van der Waals surface area contributed by atoms with Gasteiger partial charge < -0.3 is 20.5 Å². The first-order valence-corrected chi connectivity index (χ1v) is 7.82. The van der Waals surface area contributed by atoms with Crippen LogP contribution in [0.4, 0.5) is 13.2 Å². The third kappa shape index (κ3) is 8.03. The topological polar surface area (TPSA) is 85.9 Å². The van der Waals surface area contributed by atoms with Gasteiger partial charge in [-0.15, -0.1) is 37.1 Å². The number of benzene rings is 2. The molecule has 0 fully saturated rings. The van der Waals surface area contributed by atoms with Gasteiger partial charge in [-0.3, -0.25) is 0 Å². The van der Waals surface area contributed by atoms with Gasteiger partial charge in [0.1, 0.15) is 5.75 Å². The van der Waals surface area contributed by atoms with E-state index in [1.807, 2.05) is 0 Å². The molecule has 0 amide bonds. The van der Waals surface area contributed by atoms with Crippen LogP contribution in [0.1, 0.15) is 21.5 Å². The molecule has 0 aliphatic carbocycles. The maximum Gasteiger partial charge on any atom is 0.573 e. The highest BCUT2D eigenvalue weighted by Gasteiger charge is 2.30. The van der Waals surface area contributed by atoms with Crippen LogP contribution in [0.2, 0.25) is 0 Å². The van der Waals surface area contributed by atoms with Gasteiger partial charge in [0.15, 0.2) is 5.96 Å². The fourth-order valence-corrected chi connectivity index (χ4v) is 2.15. The number of hydrogen-bond acceptors (Lipinski definition) is 4. The molecule has 0 aromatic heterocycles. The summed E-state index contributed by atoms with van der Waals surface area (Å²) in [5, 5.41) is 2.86. The molecule has 10 heteroatoms. The average molecular weight is 509 g/mol. The second-order valence-corrected chi connectivity index (χ2v) is 5.44. The first-order chi connectivity index (χ1) is 12.8. The molecule has 2 rings (SSSR count). The third-order valence-corrected chi connectivity index (χ3v) is 3.41. The number of rotatable bonds is 6. The Morgan fingerprint density at radius 2 is 1.82 bits per heavy atom. The van der Waals surface area contributed by atoms with E-state index in [0.29, 0.717) is 11.1 Å². The van der Waals surface area contributed by atoms with E-state index >= 15 is 0 Å². The van der Waals surface area contributed by atoms with Crippen LogP contribution in [0.15, 0.2) is 53.5 Å². The zero-order valence-electron chi connectivity index (χ0n) is 14.8. The lowest BCUT2D eigenvalue weighted by atomic mass is 10.1. The van der Waals surface area contributed by atoms with Gasteiger partial charge in [0.2, 0.25) is 0 Å². The molecule has 0 radical (unpaired) electrons. The second-order valence-electron chi connectivity index (χ2n) is 5.44. The maximum atomic E-state index is 12.1. The molecule has 0 bridgehead atoms. The number of carbonyl (C=O) groups excluding carboxylic acids is 1. The Hall–Kier alpha value is -2.50. The number of guanidine groups is 1. The smallest absolute Gasteiger partial charge is 0.465 e. The average Bonchev–Trinajstić information content (AvgIpc) is 2.64. The van der Waals surface area contributed by atoms with Crippen LogP contribution in [0.5, 0.6) is 5.75 Å². The summed E-state index contributed by atoms with van der Waals surface area (Å²) in [7, 11) is 1.30. The largest absolute Gasteiger partial charge is 0.573 e. The van der Waals surface area contributed by atoms with Crippen LogP contribution < -0.4 is 15.8 Å². The number of aliphatic imine (C=N–C) groups is 1. The third-order valence-electron chi connectivity index (χ3n) is 3.41. The van der Waals surface area contributed by atoms with E-state index in [1.165, 1.54) is 31.4 Å². The number of nitrogens with two attached hydrogens (primary N) is 1. The molecular weight excluding hydrogens is 490 g/mol. The predicted octanol–water partition coefficient (Wildman–Crippen LogP) is 3.59. The van der Waals surface area contributed by atoms with Gasteiger partial charge in [-0.25, -0.2) is 9.79 Å². The molecule has 0 atom stereocenters. The number of carbonyl (C=O) groups is 1. The van der Waals surface area contributed by atoms with Crippen molar-refractivity contribution in [3.8, 4) is 5.75 Å². The molecule has 0 unspecified atom stereocenters. The van der Waals surface area contributed by atoms with Gasteiger partial charge in [0, 0.05) is 6.54 Å². The maximum absolute atomic E-state index is 12.1. The summed E-state index contributed by atoms with van der Waals surface area (Å²) >= 11 is 0. The summed E-state index contributed by atoms with van der Waals surface area (Å²) in [5.41, 5.74) is 7.67. The fraction of sp³-hybridized carbons (Fsp3) is 0.222.